The summed E-state index contributed by atoms with van der Waals surface area (Å²) in [6, 6.07) is 10.3. The minimum atomic E-state index is -0.123. The number of hydrogen-bond donors (Lipinski definition) is 0. The minimum Gasteiger partial charge on any atom is -0.374 e. The van der Waals surface area contributed by atoms with Gasteiger partial charge in [0.05, 0.1) is 5.75 Å². The Bertz CT molecular complexity index is 473. The molecule has 2 rings (SSSR count). The van der Waals surface area contributed by atoms with Gasteiger partial charge >= 0.3 is 0 Å². The van der Waals surface area contributed by atoms with Crippen LogP contribution < -0.4 is 0 Å². The van der Waals surface area contributed by atoms with Gasteiger partial charge in [-0.05, 0) is 12.5 Å². The molecule has 0 spiro atoms. The molecule has 0 amide bonds. The normalized spacial score (nSPS) is 12.6. The number of nitrogens with zero attached hydrogens (tertiary/aromatic N) is 2. The largest absolute Gasteiger partial charge is 0.374 e. The summed E-state index contributed by atoms with van der Waals surface area (Å²) >= 11 is 1.76. The monoisotopic (exact) mass is 264 g/mol. The first kappa shape index (κ1) is 13.1. The van der Waals surface area contributed by atoms with Crippen LogP contribution in [0.2, 0.25) is 0 Å². The molecule has 0 radical (unpaired) electrons. The van der Waals surface area contributed by atoms with Gasteiger partial charge in [0.1, 0.15) is 6.10 Å². The van der Waals surface area contributed by atoms with Gasteiger partial charge in [0.25, 0.3) is 0 Å². The molecule has 0 saturated carbocycles. The topological polar surface area (TPSA) is 48.2 Å². The van der Waals surface area contributed by atoms with E-state index in [4.69, 9.17) is 9.26 Å². The van der Waals surface area contributed by atoms with Crippen LogP contribution in [0.4, 0.5) is 0 Å². The first-order chi connectivity index (χ1) is 8.79. The molecule has 96 valence electrons. The fourth-order valence-electron chi connectivity index (χ4n) is 1.43. The van der Waals surface area contributed by atoms with Crippen molar-refractivity contribution in [3.63, 3.8) is 0 Å². The van der Waals surface area contributed by atoms with Crippen molar-refractivity contribution < 1.29 is 9.26 Å². The van der Waals surface area contributed by atoms with E-state index in [1.54, 1.807) is 18.9 Å². The van der Waals surface area contributed by atoms with Crippen molar-refractivity contribution >= 4 is 11.8 Å². The summed E-state index contributed by atoms with van der Waals surface area (Å²) < 4.78 is 10.3. The number of methoxy groups -OCH3 is 1. The van der Waals surface area contributed by atoms with E-state index in [0.717, 1.165) is 11.5 Å². The zero-order valence-corrected chi connectivity index (χ0v) is 11.3. The Labute approximate surface area is 111 Å². The van der Waals surface area contributed by atoms with Crippen LogP contribution in [0, 0.1) is 0 Å². The predicted octanol–water partition coefficient (Wildman–Crippen LogP) is 3.21. The van der Waals surface area contributed by atoms with E-state index in [-0.39, 0.29) is 6.10 Å². The third-order valence-corrected chi connectivity index (χ3v) is 3.53. The Balaban J connectivity index is 1.82. The van der Waals surface area contributed by atoms with Gasteiger partial charge in [-0.15, -0.1) is 11.8 Å². The van der Waals surface area contributed by atoms with Crippen molar-refractivity contribution in [2.75, 3.05) is 7.11 Å². The molecule has 0 fully saturated rings. The summed E-state index contributed by atoms with van der Waals surface area (Å²) in [6.07, 6.45) is -0.123. The van der Waals surface area contributed by atoms with Crippen LogP contribution in [0.5, 0.6) is 0 Å². The number of aromatic nitrogens is 2. The van der Waals surface area contributed by atoms with Crippen molar-refractivity contribution in [1.82, 2.24) is 10.1 Å². The Hall–Kier alpha value is -1.33. The van der Waals surface area contributed by atoms with Crippen molar-refractivity contribution in [3.05, 3.63) is 47.6 Å². The van der Waals surface area contributed by atoms with E-state index in [1.165, 1.54) is 5.56 Å². The molecule has 18 heavy (non-hydrogen) atoms. The minimum absolute atomic E-state index is 0.123. The van der Waals surface area contributed by atoms with E-state index in [9.17, 15) is 0 Å². The first-order valence-electron chi connectivity index (χ1n) is 5.76. The smallest absolute Gasteiger partial charge is 0.236 e. The predicted molar refractivity (Wildman–Crippen MR) is 71.2 cm³/mol. The van der Waals surface area contributed by atoms with Crippen molar-refractivity contribution in [2.24, 2.45) is 0 Å². The fraction of sp³-hybridized carbons (Fsp3) is 0.385. The molecule has 0 bridgehead atoms. The second kappa shape index (κ2) is 6.56. The molecule has 1 atom stereocenters. The maximum absolute atomic E-state index is 5.16. The lowest BCUT2D eigenvalue weighted by atomic mass is 10.2. The second-order valence-corrected chi connectivity index (χ2v) is 4.89. The van der Waals surface area contributed by atoms with Crippen LogP contribution in [0.1, 0.15) is 30.3 Å². The summed E-state index contributed by atoms with van der Waals surface area (Å²) in [5.41, 5.74) is 1.30. The van der Waals surface area contributed by atoms with Crippen molar-refractivity contribution in [3.8, 4) is 0 Å². The SMILES string of the molecule is CO[C@H](C)c1noc(CSCc2ccccc2)n1. The summed E-state index contributed by atoms with van der Waals surface area (Å²) in [5.74, 6) is 2.92. The number of benzene rings is 1. The van der Waals surface area contributed by atoms with Crippen LogP contribution in [0.3, 0.4) is 0 Å². The zero-order chi connectivity index (χ0) is 12.8. The Morgan fingerprint density at radius 3 is 2.78 bits per heavy atom. The van der Waals surface area contributed by atoms with E-state index in [2.05, 4.69) is 22.3 Å². The van der Waals surface area contributed by atoms with Gasteiger partial charge in [-0.2, -0.15) is 4.98 Å². The van der Waals surface area contributed by atoms with Gasteiger partial charge in [-0.25, -0.2) is 0 Å². The number of hydrogen-bond acceptors (Lipinski definition) is 5. The van der Waals surface area contributed by atoms with E-state index >= 15 is 0 Å². The molecule has 4 nitrogen and oxygen atoms in total. The molecular formula is C13H16N2O2S. The molecule has 1 aromatic carbocycles. The standard InChI is InChI=1S/C13H16N2O2S/c1-10(16-2)13-14-12(17-15-13)9-18-8-11-6-4-3-5-7-11/h3-7,10H,8-9H2,1-2H3/t10-/m1/s1. The number of ether oxygens (including phenoxy) is 1. The number of thioether (sulfide) groups is 1. The highest BCUT2D eigenvalue weighted by Crippen LogP contribution is 2.18. The van der Waals surface area contributed by atoms with Gasteiger partial charge in [-0.3, -0.25) is 0 Å². The summed E-state index contributed by atoms with van der Waals surface area (Å²) in [6.45, 7) is 1.89. The fourth-order valence-corrected chi connectivity index (χ4v) is 2.25. The molecule has 1 heterocycles. The van der Waals surface area contributed by atoms with E-state index in [0.29, 0.717) is 11.7 Å². The average molecular weight is 264 g/mol. The molecule has 1 aromatic heterocycles. The Kier molecular flexibility index (Phi) is 4.78. The molecule has 0 aliphatic rings. The lowest BCUT2D eigenvalue weighted by Gasteiger charge is -2.01. The van der Waals surface area contributed by atoms with Gasteiger partial charge in [0.2, 0.25) is 5.89 Å². The third-order valence-electron chi connectivity index (χ3n) is 2.54. The zero-order valence-electron chi connectivity index (χ0n) is 10.5. The molecule has 0 saturated heterocycles. The van der Waals surface area contributed by atoms with Crippen molar-refractivity contribution in [2.45, 2.75) is 24.5 Å². The van der Waals surface area contributed by atoms with Gasteiger partial charge in [0, 0.05) is 12.9 Å². The maximum Gasteiger partial charge on any atom is 0.236 e. The van der Waals surface area contributed by atoms with E-state index < -0.39 is 0 Å². The molecule has 0 aliphatic heterocycles. The van der Waals surface area contributed by atoms with Gasteiger partial charge in [-0.1, -0.05) is 35.5 Å². The van der Waals surface area contributed by atoms with Crippen LogP contribution >= 0.6 is 11.8 Å². The van der Waals surface area contributed by atoms with Crippen molar-refractivity contribution in [1.29, 1.82) is 0 Å². The second-order valence-electron chi connectivity index (χ2n) is 3.90. The lowest BCUT2D eigenvalue weighted by Crippen LogP contribution is -1.98. The highest BCUT2D eigenvalue weighted by atomic mass is 32.2. The van der Waals surface area contributed by atoms with Gasteiger partial charge in [0.15, 0.2) is 5.82 Å². The Morgan fingerprint density at radius 2 is 2.06 bits per heavy atom. The molecule has 0 unspecified atom stereocenters. The first-order valence-corrected chi connectivity index (χ1v) is 6.92. The van der Waals surface area contributed by atoms with Crippen LogP contribution in [-0.4, -0.2) is 17.3 Å². The summed E-state index contributed by atoms with van der Waals surface area (Å²) in [4.78, 5) is 4.29. The third kappa shape index (κ3) is 3.58. The summed E-state index contributed by atoms with van der Waals surface area (Å²) in [7, 11) is 1.63. The molecule has 0 N–H and O–H groups in total. The van der Waals surface area contributed by atoms with Gasteiger partial charge < -0.3 is 9.26 Å². The maximum atomic E-state index is 5.16. The molecule has 5 heteroatoms. The summed E-state index contributed by atoms with van der Waals surface area (Å²) in [5, 5.41) is 3.89. The quantitative estimate of drug-likeness (QED) is 0.801. The number of rotatable bonds is 6. The Morgan fingerprint density at radius 1 is 1.28 bits per heavy atom. The highest BCUT2D eigenvalue weighted by Gasteiger charge is 2.12. The molecule has 0 aliphatic carbocycles. The molecule has 2 aromatic rings. The lowest BCUT2D eigenvalue weighted by molar-refractivity contribution is 0.109. The van der Waals surface area contributed by atoms with Crippen LogP contribution in [0.15, 0.2) is 34.9 Å². The van der Waals surface area contributed by atoms with Crippen LogP contribution in [-0.2, 0) is 16.2 Å². The average Bonchev–Trinajstić information content (AvgIpc) is 2.88. The van der Waals surface area contributed by atoms with E-state index in [1.807, 2.05) is 25.1 Å². The highest BCUT2D eigenvalue weighted by molar-refractivity contribution is 7.97. The molecular weight excluding hydrogens is 248 g/mol. The van der Waals surface area contributed by atoms with Crippen LogP contribution in [0.25, 0.3) is 0 Å².